The first kappa shape index (κ1) is 21.0. The Bertz CT molecular complexity index is 1020. The number of nitrogens with one attached hydrogen (secondary N) is 1. The highest BCUT2D eigenvalue weighted by Gasteiger charge is 2.13. The number of benzene rings is 2. The molecular formula is C23H24BrN3O2. The van der Waals surface area contributed by atoms with E-state index < -0.39 is 0 Å². The van der Waals surface area contributed by atoms with Gasteiger partial charge >= 0.3 is 0 Å². The lowest BCUT2D eigenvalue weighted by atomic mass is 10.00. The highest BCUT2D eigenvalue weighted by Crippen LogP contribution is 2.27. The Morgan fingerprint density at radius 1 is 1.17 bits per heavy atom. The molecule has 0 spiro atoms. The molecule has 5 nitrogen and oxygen atoms in total. The summed E-state index contributed by atoms with van der Waals surface area (Å²) in [5.74, 6) is 1.49. The lowest BCUT2D eigenvalue weighted by Gasteiger charge is -2.13. The van der Waals surface area contributed by atoms with Gasteiger partial charge in [-0.3, -0.25) is 4.79 Å². The molecule has 0 saturated heterocycles. The summed E-state index contributed by atoms with van der Waals surface area (Å²) in [4.78, 5) is 20.9. The van der Waals surface area contributed by atoms with Crippen molar-refractivity contribution >= 4 is 27.7 Å². The molecule has 0 unspecified atom stereocenters. The molecule has 3 aromatic rings. The first-order valence-electron chi connectivity index (χ1n) is 9.45. The standard InChI is InChI=1S/C23H24BrN3O2/c1-15-6-4-5-7-20(15)22-18(12-16(2)28)14-26-23(27-22)25-11-10-17-13-19(24)8-9-21(17)29-3/h4-9,13-14H,10-12H2,1-3H3,(H,25,26,27). The van der Waals surface area contributed by atoms with Crippen LogP contribution in [0.3, 0.4) is 0 Å². The van der Waals surface area contributed by atoms with Gasteiger partial charge in [-0.25, -0.2) is 9.97 Å². The Kier molecular flexibility index (Phi) is 6.99. The molecule has 0 aliphatic heterocycles. The third-order valence-electron chi connectivity index (χ3n) is 4.62. The lowest BCUT2D eigenvalue weighted by Crippen LogP contribution is -2.11. The van der Waals surface area contributed by atoms with Crippen LogP contribution in [0.15, 0.2) is 53.1 Å². The van der Waals surface area contributed by atoms with Crippen molar-refractivity contribution in [2.24, 2.45) is 0 Å². The van der Waals surface area contributed by atoms with Gasteiger partial charge in [0.25, 0.3) is 0 Å². The van der Waals surface area contributed by atoms with Crippen molar-refractivity contribution in [2.45, 2.75) is 26.7 Å². The zero-order valence-electron chi connectivity index (χ0n) is 16.8. The molecule has 0 saturated carbocycles. The number of anilines is 1. The number of methoxy groups -OCH3 is 1. The summed E-state index contributed by atoms with van der Waals surface area (Å²) in [6, 6.07) is 14.0. The third-order valence-corrected chi connectivity index (χ3v) is 5.12. The van der Waals surface area contributed by atoms with Crippen LogP contribution in [-0.4, -0.2) is 29.4 Å². The average molecular weight is 454 g/mol. The number of aromatic nitrogens is 2. The largest absolute Gasteiger partial charge is 0.496 e. The van der Waals surface area contributed by atoms with Crippen LogP contribution in [0, 0.1) is 6.92 Å². The van der Waals surface area contributed by atoms with Crippen molar-refractivity contribution in [1.29, 1.82) is 0 Å². The number of hydrogen-bond acceptors (Lipinski definition) is 5. The Hall–Kier alpha value is -2.73. The molecule has 3 rings (SSSR count). The van der Waals surface area contributed by atoms with E-state index in [0.717, 1.165) is 44.6 Å². The van der Waals surface area contributed by atoms with E-state index in [2.05, 4.69) is 32.3 Å². The molecule has 29 heavy (non-hydrogen) atoms. The first-order chi connectivity index (χ1) is 14.0. The highest BCUT2D eigenvalue weighted by molar-refractivity contribution is 9.10. The van der Waals surface area contributed by atoms with Crippen LogP contribution >= 0.6 is 15.9 Å². The molecule has 150 valence electrons. The van der Waals surface area contributed by atoms with Crippen LogP contribution in [-0.2, 0) is 17.6 Å². The number of ether oxygens (including phenoxy) is 1. The minimum absolute atomic E-state index is 0.0888. The predicted molar refractivity (Wildman–Crippen MR) is 119 cm³/mol. The van der Waals surface area contributed by atoms with Gasteiger partial charge in [0.2, 0.25) is 5.95 Å². The van der Waals surface area contributed by atoms with E-state index in [9.17, 15) is 4.79 Å². The molecule has 2 aromatic carbocycles. The summed E-state index contributed by atoms with van der Waals surface area (Å²) in [6.45, 7) is 4.28. The van der Waals surface area contributed by atoms with Gasteiger partial charge in [-0.1, -0.05) is 40.2 Å². The van der Waals surface area contributed by atoms with E-state index in [1.165, 1.54) is 0 Å². The second kappa shape index (κ2) is 9.65. The minimum atomic E-state index is 0.0888. The quantitative estimate of drug-likeness (QED) is 0.519. The first-order valence-corrected chi connectivity index (χ1v) is 10.2. The molecule has 1 N–H and O–H groups in total. The Labute approximate surface area is 179 Å². The summed E-state index contributed by atoms with van der Waals surface area (Å²) in [7, 11) is 1.67. The van der Waals surface area contributed by atoms with Gasteiger partial charge in [-0.05, 0) is 49.6 Å². The number of halogens is 1. The second-order valence-electron chi connectivity index (χ2n) is 6.89. The van der Waals surface area contributed by atoms with Crippen LogP contribution < -0.4 is 10.1 Å². The third kappa shape index (κ3) is 5.41. The maximum atomic E-state index is 11.7. The molecule has 0 atom stereocenters. The van der Waals surface area contributed by atoms with Crippen LogP contribution in [0.25, 0.3) is 11.3 Å². The average Bonchev–Trinajstić information content (AvgIpc) is 2.69. The molecule has 0 amide bonds. The SMILES string of the molecule is COc1ccc(Br)cc1CCNc1ncc(CC(C)=O)c(-c2ccccc2C)n1. The molecule has 0 aliphatic carbocycles. The normalized spacial score (nSPS) is 10.6. The smallest absolute Gasteiger partial charge is 0.223 e. The van der Waals surface area contributed by atoms with Gasteiger partial charge < -0.3 is 10.1 Å². The van der Waals surface area contributed by atoms with E-state index >= 15 is 0 Å². The number of aryl methyl sites for hydroxylation is 1. The van der Waals surface area contributed by atoms with Gasteiger partial charge in [-0.2, -0.15) is 0 Å². The molecule has 1 heterocycles. The van der Waals surface area contributed by atoms with Crippen molar-refractivity contribution in [2.75, 3.05) is 19.0 Å². The zero-order valence-corrected chi connectivity index (χ0v) is 18.4. The van der Waals surface area contributed by atoms with Gasteiger partial charge in [0.15, 0.2) is 0 Å². The fourth-order valence-corrected chi connectivity index (χ4v) is 3.62. The van der Waals surface area contributed by atoms with Crippen LogP contribution in [0.5, 0.6) is 5.75 Å². The molecule has 0 bridgehead atoms. The van der Waals surface area contributed by atoms with Crippen molar-refractivity contribution in [3.05, 3.63) is 69.8 Å². The van der Waals surface area contributed by atoms with Crippen LogP contribution in [0.4, 0.5) is 5.95 Å². The Morgan fingerprint density at radius 3 is 2.69 bits per heavy atom. The maximum absolute atomic E-state index is 11.7. The van der Waals surface area contributed by atoms with Gasteiger partial charge in [-0.15, -0.1) is 0 Å². The summed E-state index contributed by atoms with van der Waals surface area (Å²) in [5.41, 5.74) is 4.87. The summed E-state index contributed by atoms with van der Waals surface area (Å²) >= 11 is 3.50. The number of Topliss-reactive ketones (excluding diaryl/α,β-unsaturated/α-hetero) is 1. The van der Waals surface area contributed by atoms with Crippen molar-refractivity contribution in [1.82, 2.24) is 9.97 Å². The highest BCUT2D eigenvalue weighted by atomic mass is 79.9. The summed E-state index contributed by atoms with van der Waals surface area (Å²) < 4.78 is 6.45. The lowest BCUT2D eigenvalue weighted by molar-refractivity contribution is -0.116. The molecule has 0 aliphatic rings. The zero-order chi connectivity index (χ0) is 20.8. The van der Waals surface area contributed by atoms with E-state index in [0.29, 0.717) is 18.9 Å². The molecule has 6 heteroatoms. The number of rotatable bonds is 8. The van der Waals surface area contributed by atoms with E-state index in [1.807, 2.05) is 43.3 Å². The number of hydrogen-bond donors (Lipinski definition) is 1. The Morgan fingerprint density at radius 2 is 1.97 bits per heavy atom. The van der Waals surface area contributed by atoms with E-state index in [1.54, 1.807) is 20.2 Å². The number of carbonyl (C=O) groups is 1. The van der Waals surface area contributed by atoms with Gasteiger partial charge in [0, 0.05) is 34.8 Å². The summed E-state index contributed by atoms with van der Waals surface area (Å²) in [5, 5.41) is 3.30. The fraction of sp³-hybridized carbons (Fsp3) is 0.261. The minimum Gasteiger partial charge on any atom is -0.496 e. The molecule has 1 aromatic heterocycles. The second-order valence-corrected chi connectivity index (χ2v) is 7.81. The summed E-state index contributed by atoms with van der Waals surface area (Å²) in [6.07, 6.45) is 2.83. The number of nitrogens with zero attached hydrogens (tertiary/aromatic N) is 2. The van der Waals surface area contributed by atoms with E-state index in [4.69, 9.17) is 9.72 Å². The van der Waals surface area contributed by atoms with Gasteiger partial charge in [0.1, 0.15) is 11.5 Å². The van der Waals surface area contributed by atoms with Crippen molar-refractivity contribution in [3.8, 4) is 17.0 Å². The maximum Gasteiger partial charge on any atom is 0.223 e. The van der Waals surface area contributed by atoms with Crippen molar-refractivity contribution in [3.63, 3.8) is 0 Å². The number of carbonyl (C=O) groups excluding carboxylic acids is 1. The molecule has 0 fully saturated rings. The monoisotopic (exact) mass is 453 g/mol. The van der Waals surface area contributed by atoms with Crippen molar-refractivity contribution < 1.29 is 9.53 Å². The topological polar surface area (TPSA) is 64.1 Å². The van der Waals surface area contributed by atoms with Crippen LogP contribution in [0.2, 0.25) is 0 Å². The predicted octanol–water partition coefficient (Wildman–Crippen LogP) is 5.01. The molecular weight excluding hydrogens is 430 g/mol. The number of ketones is 1. The fourth-order valence-electron chi connectivity index (χ4n) is 3.21. The van der Waals surface area contributed by atoms with E-state index in [-0.39, 0.29) is 5.78 Å². The molecule has 0 radical (unpaired) electrons. The van der Waals surface area contributed by atoms with Crippen LogP contribution in [0.1, 0.15) is 23.6 Å². The van der Waals surface area contributed by atoms with Gasteiger partial charge in [0.05, 0.1) is 12.8 Å². The Balaban J connectivity index is 1.82.